The Kier molecular flexibility index (Phi) is 5.89. The number of rotatable bonds is 4. The van der Waals surface area contributed by atoms with Crippen molar-refractivity contribution in [2.24, 2.45) is 12.0 Å². The molecule has 0 bridgehead atoms. The van der Waals surface area contributed by atoms with Gasteiger partial charge in [-0.15, -0.1) is 24.0 Å². The highest BCUT2D eigenvalue weighted by Gasteiger charge is 2.17. The van der Waals surface area contributed by atoms with E-state index in [1.165, 1.54) is 0 Å². The summed E-state index contributed by atoms with van der Waals surface area (Å²) in [4.78, 5) is 4.38. The maximum absolute atomic E-state index is 5.40. The Hall–Kier alpha value is -0.990. The largest absolute Gasteiger partial charge is 0.481 e. The third-order valence-electron chi connectivity index (χ3n) is 3.04. The summed E-state index contributed by atoms with van der Waals surface area (Å²) in [5.74, 6) is 1.67. The van der Waals surface area contributed by atoms with Crippen LogP contribution in [0.1, 0.15) is 25.1 Å². The van der Waals surface area contributed by atoms with E-state index in [1.54, 1.807) is 11.8 Å². The van der Waals surface area contributed by atoms with Crippen molar-refractivity contribution >= 4 is 29.9 Å². The summed E-state index contributed by atoms with van der Waals surface area (Å²) in [6.07, 6.45) is 0.893. The number of nitrogens with one attached hydrogen (secondary N) is 2. The highest BCUT2D eigenvalue weighted by Crippen LogP contribution is 2.21. The SMILES string of the molecule is CCc1nn(C)c(OC)c1CNC1=NCC(C)N1.I. The fourth-order valence-corrected chi connectivity index (χ4v) is 2.15. The second-order valence-electron chi connectivity index (χ2n) is 4.50. The van der Waals surface area contributed by atoms with Gasteiger partial charge in [0.2, 0.25) is 5.88 Å². The molecule has 19 heavy (non-hydrogen) atoms. The van der Waals surface area contributed by atoms with Crippen molar-refractivity contribution in [3.05, 3.63) is 11.3 Å². The van der Waals surface area contributed by atoms with Crippen LogP contribution in [-0.4, -0.2) is 35.4 Å². The molecule has 0 aromatic carbocycles. The average molecular weight is 379 g/mol. The van der Waals surface area contributed by atoms with Crippen LogP contribution in [0.2, 0.25) is 0 Å². The molecule has 108 valence electrons. The average Bonchev–Trinajstić information content (AvgIpc) is 2.90. The van der Waals surface area contributed by atoms with Crippen molar-refractivity contribution in [2.45, 2.75) is 32.9 Å². The number of aromatic nitrogens is 2. The van der Waals surface area contributed by atoms with Gasteiger partial charge >= 0.3 is 0 Å². The number of nitrogens with zero attached hydrogens (tertiary/aromatic N) is 3. The van der Waals surface area contributed by atoms with Crippen molar-refractivity contribution in [3.63, 3.8) is 0 Å². The Morgan fingerprint density at radius 3 is 2.79 bits per heavy atom. The van der Waals surface area contributed by atoms with Gasteiger partial charge in [0.1, 0.15) is 0 Å². The predicted molar refractivity (Wildman–Crippen MR) is 86.3 cm³/mol. The van der Waals surface area contributed by atoms with Crippen LogP contribution in [-0.2, 0) is 20.0 Å². The second kappa shape index (κ2) is 6.97. The van der Waals surface area contributed by atoms with E-state index in [0.29, 0.717) is 12.6 Å². The van der Waals surface area contributed by atoms with Crippen LogP contribution in [0.5, 0.6) is 5.88 Å². The Morgan fingerprint density at radius 1 is 1.53 bits per heavy atom. The number of aryl methyl sites for hydroxylation is 2. The van der Waals surface area contributed by atoms with E-state index in [0.717, 1.165) is 36.1 Å². The molecule has 0 saturated heterocycles. The molecule has 6 nitrogen and oxygen atoms in total. The molecule has 1 aromatic heterocycles. The number of halogens is 1. The van der Waals surface area contributed by atoms with E-state index in [4.69, 9.17) is 4.74 Å². The minimum atomic E-state index is 0. The van der Waals surface area contributed by atoms with E-state index in [2.05, 4.69) is 34.6 Å². The first-order chi connectivity index (χ1) is 8.65. The number of aliphatic imine (C=N–C) groups is 1. The van der Waals surface area contributed by atoms with Crippen molar-refractivity contribution in [2.75, 3.05) is 13.7 Å². The summed E-state index contributed by atoms with van der Waals surface area (Å²) in [5, 5.41) is 11.0. The van der Waals surface area contributed by atoms with Gasteiger partial charge in [-0.25, -0.2) is 4.68 Å². The highest BCUT2D eigenvalue weighted by molar-refractivity contribution is 14.0. The standard InChI is InChI=1S/C12H21N5O.HI/c1-5-10-9(11(18-4)17(3)16-10)7-14-12-13-6-8(2)15-12;/h8H,5-7H2,1-4H3,(H2,13,14,15);1H. The Labute approximate surface area is 131 Å². The minimum Gasteiger partial charge on any atom is -0.481 e. The van der Waals surface area contributed by atoms with Gasteiger partial charge < -0.3 is 15.4 Å². The first kappa shape index (κ1) is 16.1. The monoisotopic (exact) mass is 379 g/mol. The van der Waals surface area contributed by atoms with Gasteiger partial charge in [-0.1, -0.05) is 6.92 Å². The number of methoxy groups -OCH3 is 1. The molecule has 0 radical (unpaired) electrons. The molecular weight excluding hydrogens is 357 g/mol. The van der Waals surface area contributed by atoms with E-state index < -0.39 is 0 Å². The van der Waals surface area contributed by atoms with E-state index in [9.17, 15) is 0 Å². The molecule has 7 heteroatoms. The van der Waals surface area contributed by atoms with Crippen molar-refractivity contribution in [1.29, 1.82) is 0 Å². The van der Waals surface area contributed by atoms with Gasteiger partial charge in [0.25, 0.3) is 0 Å². The maximum atomic E-state index is 5.40. The number of hydrogen-bond acceptors (Lipinski definition) is 5. The Morgan fingerprint density at radius 2 is 2.26 bits per heavy atom. The molecule has 1 unspecified atom stereocenters. The lowest BCUT2D eigenvalue weighted by molar-refractivity contribution is 0.369. The second-order valence-corrected chi connectivity index (χ2v) is 4.50. The minimum absolute atomic E-state index is 0. The number of guanidine groups is 1. The molecule has 0 amide bonds. The maximum Gasteiger partial charge on any atom is 0.216 e. The normalized spacial score (nSPS) is 17.5. The van der Waals surface area contributed by atoms with Crippen LogP contribution in [0.4, 0.5) is 0 Å². The van der Waals surface area contributed by atoms with Gasteiger partial charge in [-0.05, 0) is 13.3 Å². The molecule has 2 heterocycles. The molecule has 1 aliphatic heterocycles. The lowest BCUT2D eigenvalue weighted by Gasteiger charge is -2.10. The summed E-state index contributed by atoms with van der Waals surface area (Å²) < 4.78 is 7.18. The summed E-state index contributed by atoms with van der Waals surface area (Å²) in [6.45, 7) is 5.71. The van der Waals surface area contributed by atoms with Crippen LogP contribution in [0.25, 0.3) is 0 Å². The Balaban J connectivity index is 0.00000180. The zero-order valence-corrected chi connectivity index (χ0v) is 14.2. The molecule has 0 fully saturated rings. The molecule has 1 atom stereocenters. The molecule has 0 saturated carbocycles. The topological polar surface area (TPSA) is 63.5 Å². The molecular formula is C12H22IN5O. The van der Waals surface area contributed by atoms with Crippen molar-refractivity contribution < 1.29 is 4.74 Å². The fourth-order valence-electron chi connectivity index (χ4n) is 2.15. The summed E-state index contributed by atoms with van der Waals surface area (Å²) in [6, 6.07) is 0.411. The molecule has 2 N–H and O–H groups in total. The van der Waals surface area contributed by atoms with Crippen molar-refractivity contribution in [1.82, 2.24) is 20.4 Å². The molecule has 1 aliphatic rings. The van der Waals surface area contributed by atoms with E-state index in [1.807, 2.05) is 7.05 Å². The smallest absolute Gasteiger partial charge is 0.216 e. The summed E-state index contributed by atoms with van der Waals surface area (Å²) >= 11 is 0. The fraction of sp³-hybridized carbons (Fsp3) is 0.667. The quantitative estimate of drug-likeness (QED) is 0.768. The number of ether oxygens (including phenoxy) is 1. The van der Waals surface area contributed by atoms with Gasteiger partial charge in [-0.3, -0.25) is 4.99 Å². The third-order valence-corrected chi connectivity index (χ3v) is 3.04. The first-order valence-corrected chi connectivity index (χ1v) is 6.29. The van der Waals surface area contributed by atoms with Crippen molar-refractivity contribution in [3.8, 4) is 5.88 Å². The summed E-state index contributed by atoms with van der Waals surface area (Å²) in [7, 11) is 3.57. The zero-order valence-electron chi connectivity index (χ0n) is 11.9. The van der Waals surface area contributed by atoms with Crippen LogP contribution >= 0.6 is 24.0 Å². The number of hydrogen-bond donors (Lipinski definition) is 2. The summed E-state index contributed by atoms with van der Waals surface area (Å²) in [5.41, 5.74) is 2.17. The first-order valence-electron chi connectivity index (χ1n) is 6.29. The van der Waals surface area contributed by atoms with Crippen LogP contribution < -0.4 is 15.4 Å². The lowest BCUT2D eigenvalue weighted by atomic mass is 10.2. The highest BCUT2D eigenvalue weighted by atomic mass is 127. The van der Waals surface area contributed by atoms with Crippen LogP contribution in [0.3, 0.4) is 0 Å². The predicted octanol–water partition coefficient (Wildman–Crippen LogP) is 1.05. The molecule has 0 aliphatic carbocycles. The van der Waals surface area contributed by atoms with E-state index in [-0.39, 0.29) is 24.0 Å². The van der Waals surface area contributed by atoms with Gasteiger partial charge in [0.15, 0.2) is 5.96 Å². The third kappa shape index (κ3) is 3.52. The Bertz CT molecular complexity index is 457. The van der Waals surface area contributed by atoms with Crippen LogP contribution in [0.15, 0.2) is 4.99 Å². The van der Waals surface area contributed by atoms with E-state index >= 15 is 0 Å². The zero-order chi connectivity index (χ0) is 13.1. The van der Waals surface area contributed by atoms with Gasteiger partial charge in [0.05, 0.1) is 31.5 Å². The molecule has 2 rings (SSSR count). The lowest BCUT2D eigenvalue weighted by Crippen LogP contribution is -2.37. The van der Waals surface area contributed by atoms with Gasteiger partial charge in [0, 0.05) is 13.1 Å². The molecule has 0 spiro atoms. The molecule has 1 aromatic rings. The van der Waals surface area contributed by atoms with Crippen LogP contribution in [0, 0.1) is 0 Å². The van der Waals surface area contributed by atoms with Gasteiger partial charge in [-0.2, -0.15) is 5.10 Å².